The lowest BCUT2D eigenvalue weighted by Crippen LogP contribution is -2.28. The van der Waals surface area contributed by atoms with E-state index in [1.807, 2.05) is 0 Å². The Morgan fingerprint density at radius 3 is 2.08 bits per heavy atom. The summed E-state index contributed by atoms with van der Waals surface area (Å²) in [5.74, 6) is -1.51. The number of halogens is 3. The molecule has 12 heavy (non-hydrogen) atoms. The van der Waals surface area contributed by atoms with Gasteiger partial charge in [0.05, 0.1) is 5.92 Å². The number of hydrogen-bond acceptors (Lipinski definition) is 1. The van der Waals surface area contributed by atoms with Gasteiger partial charge in [0.15, 0.2) is 0 Å². The van der Waals surface area contributed by atoms with Gasteiger partial charge in [-0.15, -0.1) is 0 Å². The largest absolute Gasteiger partial charge is 0.391 e. The molecule has 0 amide bonds. The fourth-order valence-electron chi connectivity index (χ4n) is 0.945. The van der Waals surface area contributed by atoms with Crippen molar-refractivity contribution in [2.45, 2.75) is 26.4 Å². The number of hydrogen-bond donors (Lipinski definition) is 1. The molecule has 1 nitrogen and oxygen atoms in total. The molecule has 0 radical (unpaired) electrons. The van der Waals surface area contributed by atoms with Crippen molar-refractivity contribution in [2.75, 3.05) is 13.6 Å². The molecule has 4 heteroatoms. The summed E-state index contributed by atoms with van der Waals surface area (Å²) in [6.45, 7) is 3.51. The van der Waals surface area contributed by atoms with Gasteiger partial charge >= 0.3 is 6.18 Å². The van der Waals surface area contributed by atoms with Gasteiger partial charge in [-0.1, -0.05) is 13.8 Å². The van der Waals surface area contributed by atoms with E-state index in [0.717, 1.165) is 0 Å². The molecule has 0 fully saturated rings. The second-order valence-electron chi connectivity index (χ2n) is 3.20. The van der Waals surface area contributed by atoms with Crippen LogP contribution in [0.15, 0.2) is 0 Å². The van der Waals surface area contributed by atoms with Crippen LogP contribution in [0.2, 0.25) is 0 Å². The van der Waals surface area contributed by atoms with Gasteiger partial charge in [-0.3, -0.25) is 0 Å². The third-order valence-corrected chi connectivity index (χ3v) is 2.22. The first-order valence-electron chi connectivity index (χ1n) is 4.11. The van der Waals surface area contributed by atoms with Gasteiger partial charge in [0.25, 0.3) is 0 Å². The van der Waals surface area contributed by atoms with Gasteiger partial charge in [-0.05, 0) is 25.9 Å². The smallest absolute Gasteiger partial charge is 0.320 e. The molecule has 2 atom stereocenters. The Bertz CT molecular complexity index is 122. The standard InChI is InChI=1S/C8H16F3N/c1-6(4-5-12-3)7(2)8(9,10)11/h6-7,12H,4-5H2,1-3H3. The Labute approximate surface area is 71.3 Å². The first-order chi connectivity index (χ1) is 5.39. The molecule has 74 valence electrons. The molecule has 0 aromatic rings. The zero-order valence-corrected chi connectivity index (χ0v) is 7.70. The summed E-state index contributed by atoms with van der Waals surface area (Å²) < 4.78 is 36.3. The van der Waals surface area contributed by atoms with E-state index in [9.17, 15) is 13.2 Å². The van der Waals surface area contributed by atoms with Crippen LogP contribution in [0.4, 0.5) is 13.2 Å². The molecule has 0 aromatic heterocycles. The van der Waals surface area contributed by atoms with E-state index in [0.29, 0.717) is 13.0 Å². The fourth-order valence-corrected chi connectivity index (χ4v) is 0.945. The molecule has 0 aliphatic heterocycles. The van der Waals surface area contributed by atoms with E-state index in [-0.39, 0.29) is 5.92 Å². The zero-order valence-electron chi connectivity index (χ0n) is 7.70. The van der Waals surface area contributed by atoms with E-state index in [2.05, 4.69) is 5.32 Å². The highest BCUT2D eigenvalue weighted by atomic mass is 19.4. The number of alkyl halides is 3. The minimum Gasteiger partial charge on any atom is -0.320 e. The number of nitrogens with one attached hydrogen (secondary N) is 1. The molecule has 0 bridgehead atoms. The van der Waals surface area contributed by atoms with Crippen LogP contribution in [0.1, 0.15) is 20.3 Å². The van der Waals surface area contributed by atoms with Gasteiger partial charge in [0.2, 0.25) is 0 Å². The molecule has 0 aliphatic carbocycles. The monoisotopic (exact) mass is 183 g/mol. The van der Waals surface area contributed by atoms with Gasteiger partial charge in [-0.25, -0.2) is 0 Å². The molecule has 0 aliphatic rings. The van der Waals surface area contributed by atoms with E-state index in [1.165, 1.54) is 6.92 Å². The highest BCUT2D eigenvalue weighted by Crippen LogP contribution is 2.32. The average Bonchev–Trinajstić information content (AvgIpc) is 1.97. The minimum atomic E-state index is -4.05. The van der Waals surface area contributed by atoms with Crippen molar-refractivity contribution in [3.05, 3.63) is 0 Å². The predicted octanol–water partition coefficient (Wildman–Crippen LogP) is 2.43. The molecule has 0 rings (SSSR count). The van der Waals surface area contributed by atoms with Crippen LogP contribution in [0.5, 0.6) is 0 Å². The van der Waals surface area contributed by atoms with Crippen molar-refractivity contribution in [1.29, 1.82) is 0 Å². The van der Waals surface area contributed by atoms with Crippen molar-refractivity contribution in [1.82, 2.24) is 5.32 Å². The maximum atomic E-state index is 12.1. The first kappa shape index (κ1) is 11.8. The van der Waals surface area contributed by atoms with Gasteiger partial charge < -0.3 is 5.32 Å². The Balaban J connectivity index is 3.84. The van der Waals surface area contributed by atoms with E-state index in [4.69, 9.17) is 0 Å². The predicted molar refractivity (Wildman–Crippen MR) is 42.9 cm³/mol. The fraction of sp³-hybridized carbons (Fsp3) is 1.00. The van der Waals surface area contributed by atoms with E-state index >= 15 is 0 Å². The molecular formula is C8H16F3N. The zero-order chi connectivity index (χ0) is 9.78. The van der Waals surface area contributed by atoms with Crippen molar-refractivity contribution in [3.63, 3.8) is 0 Å². The topological polar surface area (TPSA) is 12.0 Å². The normalized spacial score (nSPS) is 17.5. The van der Waals surface area contributed by atoms with E-state index in [1.54, 1.807) is 14.0 Å². The average molecular weight is 183 g/mol. The molecular weight excluding hydrogens is 167 g/mol. The van der Waals surface area contributed by atoms with Gasteiger partial charge in [-0.2, -0.15) is 13.2 Å². The molecule has 0 heterocycles. The Kier molecular flexibility index (Phi) is 4.60. The highest BCUT2D eigenvalue weighted by Gasteiger charge is 2.38. The quantitative estimate of drug-likeness (QED) is 0.705. The lowest BCUT2D eigenvalue weighted by atomic mass is 9.92. The van der Waals surface area contributed by atoms with Crippen LogP contribution < -0.4 is 5.32 Å². The summed E-state index contributed by atoms with van der Waals surface area (Å²) in [4.78, 5) is 0. The lowest BCUT2D eigenvalue weighted by Gasteiger charge is -2.22. The molecule has 0 saturated heterocycles. The third kappa shape index (κ3) is 3.95. The van der Waals surface area contributed by atoms with E-state index < -0.39 is 12.1 Å². The van der Waals surface area contributed by atoms with Crippen molar-refractivity contribution in [2.24, 2.45) is 11.8 Å². The molecule has 2 unspecified atom stereocenters. The van der Waals surface area contributed by atoms with Crippen LogP contribution >= 0.6 is 0 Å². The van der Waals surface area contributed by atoms with Crippen LogP contribution in [0.25, 0.3) is 0 Å². The second kappa shape index (κ2) is 4.70. The SMILES string of the molecule is CNCCC(C)C(C)C(F)(F)F. The molecule has 1 N–H and O–H groups in total. The van der Waals surface area contributed by atoms with Crippen molar-refractivity contribution in [3.8, 4) is 0 Å². The van der Waals surface area contributed by atoms with Crippen LogP contribution in [0, 0.1) is 11.8 Å². The number of rotatable bonds is 4. The molecule has 0 spiro atoms. The second-order valence-corrected chi connectivity index (χ2v) is 3.20. The summed E-state index contributed by atoms with van der Waals surface area (Å²) in [5.41, 5.74) is 0. The molecule has 0 saturated carbocycles. The van der Waals surface area contributed by atoms with Crippen LogP contribution in [0.3, 0.4) is 0 Å². The summed E-state index contributed by atoms with van der Waals surface area (Å²) in [7, 11) is 1.74. The van der Waals surface area contributed by atoms with Gasteiger partial charge in [0.1, 0.15) is 0 Å². The maximum Gasteiger partial charge on any atom is 0.391 e. The third-order valence-electron chi connectivity index (χ3n) is 2.22. The maximum absolute atomic E-state index is 12.1. The van der Waals surface area contributed by atoms with Crippen molar-refractivity contribution < 1.29 is 13.2 Å². The minimum absolute atomic E-state index is 0.308. The summed E-state index contributed by atoms with van der Waals surface area (Å²) in [5, 5.41) is 2.84. The Morgan fingerprint density at radius 2 is 1.75 bits per heavy atom. The highest BCUT2D eigenvalue weighted by molar-refractivity contribution is 4.69. The van der Waals surface area contributed by atoms with Crippen LogP contribution in [-0.2, 0) is 0 Å². The summed E-state index contributed by atoms with van der Waals surface area (Å²) >= 11 is 0. The Hall–Kier alpha value is -0.250. The summed E-state index contributed by atoms with van der Waals surface area (Å²) in [6.07, 6.45) is -3.48. The first-order valence-corrected chi connectivity index (χ1v) is 4.11. The van der Waals surface area contributed by atoms with Crippen molar-refractivity contribution >= 4 is 0 Å². The lowest BCUT2D eigenvalue weighted by molar-refractivity contribution is -0.182. The van der Waals surface area contributed by atoms with Crippen LogP contribution in [-0.4, -0.2) is 19.8 Å². The summed E-state index contributed by atoms with van der Waals surface area (Å²) in [6, 6.07) is 0. The molecule has 0 aromatic carbocycles. The van der Waals surface area contributed by atoms with Gasteiger partial charge in [0, 0.05) is 0 Å². The Morgan fingerprint density at radius 1 is 1.25 bits per heavy atom.